The molecule has 0 bridgehead atoms. The van der Waals surface area contributed by atoms with Gasteiger partial charge in [-0.2, -0.15) is 0 Å². The molecular weight excluding hydrogens is 368 g/mol. The molecule has 0 saturated heterocycles. The summed E-state index contributed by atoms with van der Waals surface area (Å²) in [5.41, 5.74) is 4.62. The van der Waals surface area contributed by atoms with Gasteiger partial charge >= 0.3 is 0 Å². The van der Waals surface area contributed by atoms with E-state index in [4.69, 9.17) is 9.47 Å². The average Bonchev–Trinajstić information content (AvgIpc) is 2.83. The van der Waals surface area contributed by atoms with Crippen molar-refractivity contribution in [2.45, 2.75) is 19.1 Å². The van der Waals surface area contributed by atoms with E-state index < -0.39 is 0 Å². The molecule has 4 aromatic carbocycles. The van der Waals surface area contributed by atoms with Crippen LogP contribution in [0, 0.1) is 6.92 Å². The Morgan fingerprint density at radius 2 is 0.867 bits per heavy atom. The summed E-state index contributed by atoms with van der Waals surface area (Å²) in [5, 5.41) is 0. The maximum atomic E-state index is 5.87. The van der Waals surface area contributed by atoms with Crippen LogP contribution in [0.3, 0.4) is 0 Å². The second-order valence-electron chi connectivity index (χ2n) is 7.24. The third-order valence-corrected chi connectivity index (χ3v) is 5.06. The Labute approximate surface area is 178 Å². The highest BCUT2D eigenvalue weighted by Gasteiger charge is 2.09. The minimum atomic E-state index is 0.0522. The van der Waals surface area contributed by atoms with Crippen molar-refractivity contribution in [3.8, 4) is 11.5 Å². The van der Waals surface area contributed by atoms with Gasteiger partial charge in [0.15, 0.2) is 0 Å². The van der Waals surface area contributed by atoms with Gasteiger partial charge in [-0.3, -0.25) is 0 Å². The summed E-state index contributed by atoms with van der Waals surface area (Å²) in [7, 11) is 0. The molecule has 4 aromatic rings. The van der Waals surface area contributed by atoms with E-state index in [1.807, 2.05) is 60.7 Å². The summed E-state index contributed by atoms with van der Waals surface area (Å²) in [6.07, 6.45) is 0. The average molecular weight is 394 g/mol. The Kier molecular flexibility index (Phi) is 6.46. The molecule has 2 nitrogen and oxygen atoms in total. The molecule has 0 spiro atoms. The first kappa shape index (κ1) is 19.8. The topological polar surface area (TPSA) is 18.5 Å². The number of hydrogen-bond acceptors (Lipinski definition) is 2. The van der Waals surface area contributed by atoms with Gasteiger partial charge in [-0.05, 0) is 53.4 Å². The van der Waals surface area contributed by atoms with E-state index in [0.717, 1.165) is 33.8 Å². The van der Waals surface area contributed by atoms with Crippen LogP contribution in [0.2, 0.25) is 0 Å². The first-order valence-corrected chi connectivity index (χ1v) is 10.1. The van der Waals surface area contributed by atoms with Crippen molar-refractivity contribution in [3.63, 3.8) is 0 Å². The summed E-state index contributed by atoms with van der Waals surface area (Å²) in [5.74, 6) is 1.77. The molecule has 0 aliphatic carbocycles. The highest BCUT2D eigenvalue weighted by atomic mass is 16.5. The van der Waals surface area contributed by atoms with Crippen molar-refractivity contribution in [1.29, 1.82) is 0 Å². The summed E-state index contributed by atoms with van der Waals surface area (Å²) < 4.78 is 11.7. The Bertz CT molecular complexity index is 936. The lowest BCUT2D eigenvalue weighted by molar-refractivity contribution is 0.306. The van der Waals surface area contributed by atoms with Crippen molar-refractivity contribution >= 4 is 0 Å². The first-order chi connectivity index (χ1) is 14.8. The Morgan fingerprint density at radius 1 is 0.500 bits per heavy atom. The molecule has 0 heterocycles. The van der Waals surface area contributed by atoms with Crippen LogP contribution in [0.4, 0.5) is 0 Å². The van der Waals surface area contributed by atoms with Crippen LogP contribution in [-0.2, 0) is 13.2 Å². The maximum Gasteiger partial charge on any atom is 0.119 e. The Hall–Kier alpha value is -3.52. The normalized spacial score (nSPS) is 10.7. The van der Waals surface area contributed by atoms with Gasteiger partial charge in [0.05, 0.1) is 0 Å². The van der Waals surface area contributed by atoms with Crippen LogP contribution >= 0.6 is 0 Å². The SMILES string of the molecule is [CH2]C(c1ccc(OCc2ccccc2)cc1)c1ccc(OCc2ccccc2)cc1. The van der Waals surface area contributed by atoms with Crippen molar-refractivity contribution < 1.29 is 9.47 Å². The zero-order chi connectivity index (χ0) is 20.6. The Morgan fingerprint density at radius 3 is 1.23 bits per heavy atom. The lowest BCUT2D eigenvalue weighted by atomic mass is 9.93. The highest BCUT2D eigenvalue weighted by Crippen LogP contribution is 2.27. The van der Waals surface area contributed by atoms with E-state index in [1.165, 1.54) is 0 Å². The molecule has 0 saturated carbocycles. The fourth-order valence-electron chi connectivity index (χ4n) is 3.27. The molecule has 0 aromatic heterocycles. The van der Waals surface area contributed by atoms with Gasteiger partial charge in [0.2, 0.25) is 0 Å². The molecule has 2 heteroatoms. The third-order valence-electron chi connectivity index (χ3n) is 5.06. The molecule has 0 fully saturated rings. The van der Waals surface area contributed by atoms with Crippen LogP contribution < -0.4 is 9.47 Å². The molecule has 0 N–H and O–H groups in total. The van der Waals surface area contributed by atoms with E-state index in [2.05, 4.69) is 55.5 Å². The number of ether oxygens (including phenoxy) is 2. The summed E-state index contributed by atoms with van der Waals surface area (Å²) in [6, 6.07) is 36.7. The zero-order valence-electron chi connectivity index (χ0n) is 16.9. The minimum Gasteiger partial charge on any atom is -0.489 e. The number of hydrogen-bond donors (Lipinski definition) is 0. The van der Waals surface area contributed by atoms with Crippen LogP contribution in [0.15, 0.2) is 109 Å². The lowest BCUT2D eigenvalue weighted by Crippen LogP contribution is -1.99. The van der Waals surface area contributed by atoms with Crippen LogP contribution in [-0.4, -0.2) is 0 Å². The number of rotatable bonds is 8. The van der Waals surface area contributed by atoms with E-state index in [0.29, 0.717) is 13.2 Å². The molecular formula is C28H25O2. The van der Waals surface area contributed by atoms with Crippen molar-refractivity contribution in [2.75, 3.05) is 0 Å². The third kappa shape index (κ3) is 5.30. The Balaban J connectivity index is 1.33. The smallest absolute Gasteiger partial charge is 0.119 e. The summed E-state index contributed by atoms with van der Waals surface area (Å²) >= 11 is 0. The molecule has 0 amide bonds. The van der Waals surface area contributed by atoms with Crippen molar-refractivity contribution in [2.24, 2.45) is 0 Å². The second-order valence-corrected chi connectivity index (χ2v) is 7.24. The van der Waals surface area contributed by atoms with Crippen LogP contribution in [0.1, 0.15) is 28.2 Å². The van der Waals surface area contributed by atoms with Gasteiger partial charge < -0.3 is 9.47 Å². The maximum absolute atomic E-state index is 5.87. The van der Waals surface area contributed by atoms with Crippen LogP contribution in [0.25, 0.3) is 0 Å². The molecule has 4 rings (SSSR count). The van der Waals surface area contributed by atoms with Crippen molar-refractivity contribution in [3.05, 3.63) is 138 Å². The molecule has 30 heavy (non-hydrogen) atoms. The monoisotopic (exact) mass is 393 g/mol. The van der Waals surface area contributed by atoms with Gasteiger partial charge in [0.25, 0.3) is 0 Å². The predicted molar refractivity (Wildman–Crippen MR) is 122 cm³/mol. The van der Waals surface area contributed by atoms with Crippen LogP contribution in [0.5, 0.6) is 11.5 Å². The lowest BCUT2D eigenvalue weighted by Gasteiger charge is -2.14. The molecule has 0 aliphatic rings. The molecule has 1 radical (unpaired) electrons. The van der Waals surface area contributed by atoms with E-state index >= 15 is 0 Å². The second kappa shape index (κ2) is 9.80. The fraction of sp³-hybridized carbons (Fsp3) is 0.107. The fourth-order valence-corrected chi connectivity index (χ4v) is 3.27. The van der Waals surface area contributed by atoms with Gasteiger partial charge in [-0.15, -0.1) is 0 Å². The standard InChI is InChI=1S/C28H25O2/c1-22(25-12-16-27(17-13-25)29-20-23-8-4-2-5-9-23)26-14-18-28(19-15-26)30-21-24-10-6-3-7-11-24/h2-19,22H,1,20-21H2. The van der Waals surface area contributed by atoms with E-state index in [1.54, 1.807) is 0 Å². The molecule has 0 atom stereocenters. The van der Waals surface area contributed by atoms with E-state index in [9.17, 15) is 0 Å². The predicted octanol–water partition coefficient (Wildman–Crippen LogP) is 6.81. The molecule has 149 valence electrons. The molecule has 0 unspecified atom stereocenters. The van der Waals surface area contributed by atoms with Gasteiger partial charge in [-0.1, -0.05) is 84.9 Å². The zero-order valence-corrected chi connectivity index (χ0v) is 16.9. The minimum absolute atomic E-state index is 0.0522. The van der Waals surface area contributed by atoms with Gasteiger partial charge in [0.1, 0.15) is 24.7 Å². The highest BCUT2D eigenvalue weighted by molar-refractivity contribution is 5.39. The largest absolute Gasteiger partial charge is 0.489 e. The molecule has 0 aliphatic heterocycles. The first-order valence-electron chi connectivity index (χ1n) is 10.1. The quantitative estimate of drug-likeness (QED) is 0.327. The van der Waals surface area contributed by atoms with Crippen molar-refractivity contribution in [1.82, 2.24) is 0 Å². The van der Waals surface area contributed by atoms with E-state index in [-0.39, 0.29) is 5.92 Å². The van der Waals surface area contributed by atoms with Gasteiger partial charge in [0, 0.05) is 5.92 Å². The van der Waals surface area contributed by atoms with Gasteiger partial charge in [-0.25, -0.2) is 0 Å². The summed E-state index contributed by atoms with van der Waals surface area (Å²) in [6.45, 7) is 5.48. The summed E-state index contributed by atoms with van der Waals surface area (Å²) in [4.78, 5) is 0. The number of benzene rings is 4.